The molecule has 0 bridgehead atoms. The maximum atomic E-state index is 12.8. The first-order chi connectivity index (χ1) is 12.2. The standard InChI is InChI=1S/C17H19N5O3/c1-2-14-19-16(20-25-14)13-8-5-9-21(13)15(23)10-22-12-7-4-3-6-11(12)18-17(22)24/h3-4,6-7,13H,2,5,8-10H2,1H3,(H,18,24). The summed E-state index contributed by atoms with van der Waals surface area (Å²) in [7, 11) is 0. The number of rotatable bonds is 4. The summed E-state index contributed by atoms with van der Waals surface area (Å²) in [6, 6.07) is 7.16. The van der Waals surface area contributed by atoms with Gasteiger partial charge in [-0.2, -0.15) is 4.98 Å². The molecule has 1 aliphatic heterocycles. The van der Waals surface area contributed by atoms with Crippen molar-refractivity contribution in [1.29, 1.82) is 0 Å². The largest absolute Gasteiger partial charge is 0.339 e. The van der Waals surface area contributed by atoms with Crippen molar-refractivity contribution in [2.24, 2.45) is 0 Å². The summed E-state index contributed by atoms with van der Waals surface area (Å²) in [6.45, 7) is 2.58. The van der Waals surface area contributed by atoms with E-state index in [1.807, 2.05) is 31.2 Å². The minimum atomic E-state index is -0.280. The summed E-state index contributed by atoms with van der Waals surface area (Å²) in [6.07, 6.45) is 2.35. The Balaban J connectivity index is 1.59. The number of amides is 1. The van der Waals surface area contributed by atoms with E-state index in [-0.39, 0.29) is 24.2 Å². The van der Waals surface area contributed by atoms with Crippen LogP contribution in [-0.2, 0) is 17.8 Å². The molecule has 1 fully saturated rings. The van der Waals surface area contributed by atoms with Gasteiger partial charge in [0, 0.05) is 13.0 Å². The second-order valence-electron chi connectivity index (χ2n) is 6.18. The Kier molecular flexibility index (Phi) is 3.87. The first-order valence-electron chi connectivity index (χ1n) is 8.47. The number of para-hydroxylation sites is 2. The van der Waals surface area contributed by atoms with Crippen LogP contribution in [0.4, 0.5) is 0 Å². The summed E-state index contributed by atoms with van der Waals surface area (Å²) in [5.74, 6) is 1.01. The van der Waals surface area contributed by atoms with Crippen LogP contribution in [0.3, 0.4) is 0 Å². The molecule has 1 atom stereocenters. The molecule has 8 heteroatoms. The van der Waals surface area contributed by atoms with Crippen molar-refractivity contribution >= 4 is 16.9 Å². The number of nitrogens with zero attached hydrogens (tertiary/aromatic N) is 4. The highest BCUT2D eigenvalue weighted by Gasteiger charge is 2.33. The molecule has 4 rings (SSSR count). The van der Waals surface area contributed by atoms with Gasteiger partial charge in [-0.15, -0.1) is 0 Å². The van der Waals surface area contributed by atoms with Crippen LogP contribution in [0.1, 0.15) is 37.5 Å². The lowest BCUT2D eigenvalue weighted by Crippen LogP contribution is -2.36. The molecule has 0 aliphatic carbocycles. The van der Waals surface area contributed by atoms with Crippen LogP contribution in [0.5, 0.6) is 0 Å². The fourth-order valence-corrected chi connectivity index (χ4v) is 3.37. The van der Waals surface area contributed by atoms with Crippen molar-refractivity contribution < 1.29 is 9.32 Å². The summed E-state index contributed by atoms with van der Waals surface area (Å²) in [5.41, 5.74) is 1.17. The van der Waals surface area contributed by atoms with E-state index in [1.165, 1.54) is 4.57 Å². The molecule has 1 unspecified atom stereocenters. The monoisotopic (exact) mass is 341 g/mol. The summed E-state index contributed by atoms with van der Waals surface area (Å²) < 4.78 is 6.65. The molecular formula is C17H19N5O3. The number of aromatic amines is 1. The molecule has 1 saturated heterocycles. The minimum absolute atomic E-state index is 0.00215. The summed E-state index contributed by atoms with van der Waals surface area (Å²) in [4.78, 5) is 33.9. The number of aromatic nitrogens is 4. The lowest BCUT2D eigenvalue weighted by molar-refractivity contribution is -0.132. The number of hydrogen-bond donors (Lipinski definition) is 1. The molecule has 1 aromatic carbocycles. The number of fused-ring (bicyclic) bond motifs is 1. The number of carbonyl (C=O) groups excluding carboxylic acids is 1. The smallest absolute Gasteiger partial charge is 0.326 e. The highest BCUT2D eigenvalue weighted by molar-refractivity contribution is 5.81. The van der Waals surface area contributed by atoms with Crippen molar-refractivity contribution in [3.05, 3.63) is 46.5 Å². The fourth-order valence-electron chi connectivity index (χ4n) is 3.37. The molecule has 3 heterocycles. The van der Waals surface area contributed by atoms with Crippen molar-refractivity contribution in [1.82, 2.24) is 24.6 Å². The van der Waals surface area contributed by atoms with Gasteiger partial charge in [0.25, 0.3) is 0 Å². The lowest BCUT2D eigenvalue weighted by Gasteiger charge is -2.22. The third-order valence-electron chi connectivity index (χ3n) is 4.63. The fraction of sp³-hybridized carbons (Fsp3) is 0.412. The van der Waals surface area contributed by atoms with Crippen LogP contribution >= 0.6 is 0 Å². The van der Waals surface area contributed by atoms with Crippen molar-refractivity contribution in [2.45, 2.75) is 38.8 Å². The Bertz CT molecular complexity index is 970. The van der Waals surface area contributed by atoms with Crippen molar-refractivity contribution in [2.75, 3.05) is 6.54 Å². The molecule has 0 radical (unpaired) electrons. The zero-order valence-corrected chi connectivity index (χ0v) is 13.9. The quantitative estimate of drug-likeness (QED) is 0.778. The lowest BCUT2D eigenvalue weighted by atomic mass is 10.2. The summed E-state index contributed by atoms with van der Waals surface area (Å²) in [5, 5.41) is 4.01. The van der Waals surface area contributed by atoms with Crippen LogP contribution in [0.15, 0.2) is 33.6 Å². The molecular weight excluding hydrogens is 322 g/mol. The maximum Gasteiger partial charge on any atom is 0.326 e. The van der Waals surface area contributed by atoms with E-state index in [0.717, 1.165) is 23.9 Å². The van der Waals surface area contributed by atoms with Crippen LogP contribution in [0.2, 0.25) is 0 Å². The second-order valence-corrected chi connectivity index (χ2v) is 6.18. The number of imidazole rings is 1. The van der Waals surface area contributed by atoms with E-state index < -0.39 is 0 Å². The third-order valence-corrected chi connectivity index (χ3v) is 4.63. The van der Waals surface area contributed by atoms with Gasteiger partial charge >= 0.3 is 5.69 Å². The van der Waals surface area contributed by atoms with Crippen LogP contribution in [-0.4, -0.2) is 37.0 Å². The van der Waals surface area contributed by atoms with Gasteiger partial charge in [0.05, 0.1) is 17.1 Å². The highest BCUT2D eigenvalue weighted by Crippen LogP contribution is 2.30. The van der Waals surface area contributed by atoms with Crippen LogP contribution in [0.25, 0.3) is 11.0 Å². The molecule has 1 amide bonds. The second kappa shape index (κ2) is 6.19. The predicted octanol–water partition coefficient (Wildman–Crippen LogP) is 1.64. The topological polar surface area (TPSA) is 97.0 Å². The Morgan fingerprint density at radius 3 is 3.04 bits per heavy atom. The Morgan fingerprint density at radius 1 is 1.40 bits per heavy atom. The first kappa shape index (κ1) is 15.6. The average Bonchev–Trinajstić information content (AvgIpc) is 3.33. The molecule has 3 aromatic rings. The Labute approximate surface area is 143 Å². The molecule has 1 N–H and O–H groups in total. The van der Waals surface area contributed by atoms with Crippen molar-refractivity contribution in [3.8, 4) is 0 Å². The number of nitrogens with one attached hydrogen (secondary N) is 1. The molecule has 1 aliphatic rings. The number of carbonyl (C=O) groups is 1. The van der Waals surface area contributed by atoms with E-state index in [1.54, 1.807) is 4.90 Å². The van der Waals surface area contributed by atoms with Gasteiger partial charge in [-0.25, -0.2) is 4.79 Å². The minimum Gasteiger partial charge on any atom is -0.339 e. The van der Waals surface area contributed by atoms with Gasteiger partial charge in [-0.3, -0.25) is 9.36 Å². The highest BCUT2D eigenvalue weighted by atomic mass is 16.5. The van der Waals surface area contributed by atoms with Gasteiger partial charge in [0.2, 0.25) is 11.8 Å². The Morgan fingerprint density at radius 2 is 2.24 bits per heavy atom. The predicted molar refractivity (Wildman–Crippen MR) is 89.9 cm³/mol. The van der Waals surface area contributed by atoms with Gasteiger partial charge in [0.15, 0.2) is 5.82 Å². The van der Waals surface area contributed by atoms with E-state index >= 15 is 0 Å². The molecule has 25 heavy (non-hydrogen) atoms. The zero-order chi connectivity index (χ0) is 17.4. The number of H-pyrrole nitrogens is 1. The SMILES string of the molecule is CCc1nc(C2CCCN2C(=O)Cn2c(=O)[nH]c3ccccc32)no1. The number of likely N-dealkylation sites (tertiary alicyclic amines) is 1. The van der Waals surface area contributed by atoms with Gasteiger partial charge in [0.1, 0.15) is 6.54 Å². The average molecular weight is 341 g/mol. The zero-order valence-electron chi connectivity index (χ0n) is 13.9. The third kappa shape index (κ3) is 2.73. The molecule has 2 aromatic heterocycles. The van der Waals surface area contributed by atoms with Gasteiger partial charge in [-0.1, -0.05) is 24.2 Å². The van der Waals surface area contributed by atoms with E-state index in [9.17, 15) is 9.59 Å². The van der Waals surface area contributed by atoms with Gasteiger partial charge in [-0.05, 0) is 25.0 Å². The number of hydrogen-bond acceptors (Lipinski definition) is 5. The van der Waals surface area contributed by atoms with Crippen LogP contribution in [0, 0.1) is 0 Å². The normalized spacial score (nSPS) is 17.5. The van der Waals surface area contributed by atoms with E-state index in [0.29, 0.717) is 24.7 Å². The van der Waals surface area contributed by atoms with Crippen LogP contribution < -0.4 is 5.69 Å². The molecule has 0 saturated carbocycles. The number of benzene rings is 1. The maximum absolute atomic E-state index is 12.8. The van der Waals surface area contributed by atoms with Crippen molar-refractivity contribution in [3.63, 3.8) is 0 Å². The number of aryl methyl sites for hydroxylation is 1. The molecule has 130 valence electrons. The van der Waals surface area contributed by atoms with Gasteiger partial charge < -0.3 is 14.4 Å². The van der Waals surface area contributed by atoms with E-state index in [2.05, 4.69) is 15.1 Å². The first-order valence-corrected chi connectivity index (χ1v) is 8.47. The molecule has 8 nitrogen and oxygen atoms in total. The summed E-state index contributed by atoms with van der Waals surface area (Å²) >= 11 is 0. The molecule has 0 spiro atoms. The van der Waals surface area contributed by atoms with E-state index in [4.69, 9.17) is 4.52 Å². The Hall–Kier alpha value is -2.90.